The van der Waals surface area contributed by atoms with Gasteiger partial charge in [0.1, 0.15) is 17.1 Å². The highest BCUT2D eigenvalue weighted by atomic mass is 19.3. The molecule has 32 heavy (non-hydrogen) atoms. The minimum absolute atomic E-state index is 0.0452. The standard InChI is InChI=1S/C20H22F2N8O2/c1-11-7-16(29(27-11)5-4-6-32-3)14-10-28(2)19(26-14)17-12-9-24-30(20(21)22)15(12)8-13(25-17)18(23)31/h7-10,20H,4-6H2,1-3H3,(H2,23,31). The number of aryl methyl sites for hydroxylation is 3. The fourth-order valence-electron chi connectivity index (χ4n) is 3.58. The number of fused-ring (bicyclic) bond motifs is 1. The molecule has 12 heteroatoms. The molecule has 168 valence electrons. The summed E-state index contributed by atoms with van der Waals surface area (Å²) >= 11 is 0. The molecule has 4 aromatic rings. The maximum absolute atomic E-state index is 13.4. The summed E-state index contributed by atoms with van der Waals surface area (Å²) in [6, 6.07) is 3.12. The van der Waals surface area contributed by atoms with E-state index in [1.54, 1.807) is 24.9 Å². The number of nitrogens with two attached hydrogens (primary N) is 1. The number of carbonyl (C=O) groups is 1. The van der Waals surface area contributed by atoms with Crippen LogP contribution in [0.1, 0.15) is 29.2 Å². The van der Waals surface area contributed by atoms with Gasteiger partial charge in [-0.15, -0.1) is 0 Å². The van der Waals surface area contributed by atoms with E-state index in [2.05, 4.69) is 20.2 Å². The normalized spacial score (nSPS) is 11.7. The minimum atomic E-state index is -2.88. The highest BCUT2D eigenvalue weighted by Crippen LogP contribution is 2.31. The second kappa shape index (κ2) is 8.46. The van der Waals surface area contributed by atoms with E-state index in [0.29, 0.717) is 34.7 Å². The number of hydrogen-bond donors (Lipinski definition) is 1. The molecule has 0 aliphatic rings. The van der Waals surface area contributed by atoms with Crippen LogP contribution in [0.2, 0.25) is 0 Å². The lowest BCUT2D eigenvalue weighted by Crippen LogP contribution is -2.14. The van der Waals surface area contributed by atoms with Gasteiger partial charge >= 0.3 is 6.55 Å². The van der Waals surface area contributed by atoms with E-state index >= 15 is 0 Å². The molecule has 0 atom stereocenters. The average molecular weight is 444 g/mol. The molecule has 0 saturated carbocycles. The zero-order valence-corrected chi connectivity index (χ0v) is 17.8. The van der Waals surface area contributed by atoms with E-state index in [-0.39, 0.29) is 16.9 Å². The zero-order chi connectivity index (χ0) is 23.0. The molecular formula is C20H22F2N8O2. The Bertz CT molecular complexity index is 1290. The molecule has 0 aliphatic carbocycles. The predicted octanol–water partition coefficient (Wildman–Crippen LogP) is 2.53. The van der Waals surface area contributed by atoms with Crippen molar-refractivity contribution in [2.45, 2.75) is 26.4 Å². The highest BCUT2D eigenvalue weighted by molar-refractivity contribution is 5.99. The van der Waals surface area contributed by atoms with Crippen molar-refractivity contribution in [3.05, 3.63) is 35.9 Å². The van der Waals surface area contributed by atoms with Crippen LogP contribution in [0, 0.1) is 6.92 Å². The molecule has 0 aromatic carbocycles. The zero-order valence-electron chi connectivity index (χ0n) is 17.8. The average Bonchev–Trinajstić information content (AvgIpc) is 3.43. The smallest absolute Gasteiger partial charge is 0.333 e. The van der Waals surface area contributed by atoms with Crippen LogP contribution >= 0.6 is 0 Å². The third kappa shape index (κ3) is 3.84. The molecule has 0 spiro atoms. The molecule has 1 amide bonds. The predicted molar refractivity (Wildman–Crippen MR) is 112 cm³/mol. The Balaban J connectivity index is 1.84. The second-order valence-electron chi connectivity index (χ2n) is 7.32. The summed E-state index contributed by atoms with van der Waals surface area (Å²) in [5.74, 6) is -0.458. The van der Waals surface area contributed by atoms with Crippen LogP contribution in [0.3, 0.4) is 0 Å². The monoisotopic (exact) mass is 444 g/mol. The largest absolute Gasteiger partial charge is 0.385 e. The summed E-state index contributed by atoms with van der Waals surface area (Å²) in [5, 5.41) is 8.60. The third-order valence-electron chi connectivity index (χ3n) is 5.00. The summed E-state index contributed by atoms with van der Waals surface area (Å²) in [7, 11) is 3.40. The quantitative estimate of drug-likeness (QED) is 0.417. The molecule has 0 radical (unpaired) electrons. The van der Waals surface area contributed by atoms with Crippen LogP contribution in [0.15, 0.2) is 24.5 Å². The van der Waals surface area contributed by atoms with Crippen molar-refractivity contribution in [3.8, 4) is 22.9 Å². The van der Waals surface area contributed by atoms with E-state index in [1.807, 2.05) is 17.7 Å². The van der Waals surface area contributed by atoms with Crippen molar-refractivity contribution in [3.63, 3.8) is 0 Å². The number of nitrogens with zero attached hydrogens (tertiary/aromatic N) is 7. The van der Waals surface area contributed by atoms with Gasteiger partial charge in [0.05, 0.1) is 23.1 Å². The van der Waals surface area contributed by atoms with Crippen molar-refractivity contribution >= 4 is 16.8 Å². The van der Waals surface area contributed by atoms with Crippen molar-refractivity contribution in [1.82, 2.24) is 34.1 Å². The number of pyridine rings is 1. The lowest BCUT2D eigenvalue weighted by atomic mass is 10.2. The van der Waals surface area contributed by atoms with Gasteiger partial charge < -0.3 is 15.0 Å². The Labute approximate surface area is 181 Å². The Hall–Kier alpha value is -3.67. The Kier molecular flexibility index (Phi) is 5.70. The number of hydrogen-bond acceptors (Lipinski definition) is 6. The number of imidazole rings is 1. The van der Waals surface area contributed by atoms with Gasteiger partial charge in [-0.1, -0.05) is 0 Å². The molecule has 0 bridgehead atoms. The summed E-state index contributed by atoms with van der Waals surface area (Å²) in [5.41, 5.74) is 7.78. The summed E-state index contributed by atoms with van der Waals surface area (Å²) < 4.78 is 36.0. The first-order valence-electron chi connectivity index (χ1n) is 9.84. The fourth-order valence-corrected chi connectivity index (χ4v) is 3.58. The van der Waals surface area contributed by atoms with Crippen LogP contribution in [0.25, 0.3) is 33.8 Å². The number of carbonyl (C=O) groups excluding carboxylic acids is 1. The molecule has 0 aliphatic heterocycles. The number of halogens is 2. The Morgan fingerprint density at radius 3 is 2.75 bits per heavy atom. The van der Waals surface area contributed by atoms with E-state index in [1.165, 1.54) is 12.3 Å². The molecule has 4 rings (SSSR count). The second-order valence-corrected chi connectivity index (χ2v) is 7.32. The van der Waals surface area contributed by atoms with E-state index in [4.69, 9.17) is 10.5 Å². The number of alkyl halides is 2. The van der Waals surface area contributed by atoms with Crippen molar-refractivity contribution < 1.29 is 18.3 Å². The Morgan fingerprint density at radius 1 is 1.28 bits per heavy atom. The van der Waals surface area contributed by atoms with E-state index in [9.17, 15) is 13.6 Å². The number of aromatic nitrogens is 7. The molecule has 4 heterocycles. The van der Waals surface area contributed by atoms with Gasteiger partial charge in [-0.25, -0.2) is 14.6 Å². The Morgan fingerprint density at radius 2 is 2.06 bits per heavy atom. The lowest BCUT2D eigenvalue weighted by Gasteiger charge is -2.07. The molecule has 0 saturated heterocycles. The number of amides is 1. The molecule has 2 N–H and O–H groups in total. The van der Waals surface area contributed by atoms with E-state index < -0.39 is 12.5 Å². The fraction of sp³-hybridized carbons (Fsp3) is 0.350. The van der Waals surface area contributed by atoms with Crippen LogP contribution in [-0.2, 0) is 18.3 Å². The number of rotatable bonds is 8. The number of primary amides is 1. The van der Waals surface area contributed by atoms with Crippen molar-refractivity contribution in [2.24, 2.45) is 12.8 Å². The van der Waals surface area contributed by atoms with Gasteiger partial charge in [0.2, 0.25) is 0 Å². The van der Waals surface area contributed by atoms with Gasteiger partial charge in [0.25, 0.3) is 5.91 Å². The molecule has 4 aromatic heterocycles. The first kappa shape index (κ1) is 21.6. The molecule has 0 unspecified atom stereocenters. The number of ether oxygens (including phenoxy) is 1. The highest BCUT2D eigenvalue weighted by Gasteiger charge is 2.22. The maximum atomic E-state index is 13.4. The van der Waals surface area contributed by atoms with Gasteiger partial charge in [-0.3, -0.25) is 9.48 Å². The first-order chi connectivity index (χ1) is 15.3. The van der Waals surface area contributed by atoms with Crippen LogP contribution in [0.5, 0.6) is 0 Å². The molecular weight excluding hydrogens is 422 g/mol. The van der Waals surface area contributed by atoms with Gasteiger partial charge in [-0.2, -0.15) is 19.0 Å². The van der Waals surface area contributed by atoms with Gasteiger partial charge in [0.15, 0.2) is 5.82 Å². The number of methoxy groups -OCH3 is 1. The van der Waals surface area contributed by atoms with Crippen LogP contribution in [0.4, 0.5) is 8.78 Å². The topological polar surface area (TPSA) is 119 Å². The molecule has 10 nitrogen and oxygen atoms in total. The minimum Gasteiger partial charge on any atom is -0.385 e. The maximum Gasteiger partial charge on any atom is 0.333 e. The third-order valence-corrected chi connectivity index (χ3v) is 5.00. The summed E-state index contributed by atoms with van der Waals surface area (Å²) in [6.07, 6.45) is 3.85. The van der Waals surface area contributed by atoms with E-state index in [0.717, 1.165) is 17.8 Å². The summed E-state index contributed by atoms with van der Waals surface area (Å²) in [6.45, 7) is 0.246. The summed E-state index contributed by atoms with van der Waals surface area (Å²) in [4.78, 5) is 20.8. The van der Waals surface area contributed by atoms with Crippen LogP contribution < -0.4 is 5.73 Å². The first-order valence-corrected chi connectivity index (χ1v) is 9.84. The van der Waals surface area contributed by atoms with Crippen molar-refractivity contribution in [2.75, 3.05) is 13.7 Å². The SMILES string of the molecule is COCCCn1nc(C)cc1-c1cn(C)c(-c2nc(C(N)=O)cc3c2cnn3C(F)F)n1. The van der Waals surface area contributed by atoms with Crippen LogP contribution in [-0.4, -0.2) is 53.7 Å². The lowest BCUT2D eigenvalue weighted by molar-refractivity contribution is 0.0614. The molecule has 0 fully saturated rings. The van der Waals surface area contributed by atoms with Crippen molar-refractivity contribution in [1.29, 1.82) is 0 Å². The van der Waals surface area contributed by atoms with Gasteiger partial charge in [0, 0.05) is 38.9 Å². The van der Waals surface area contributed by atoms with Gasteiger partial charge in [-0.05, 0) is 25.5 Å².